The van der Waals surface area contributed by atoms with Crippen LogP contribution in [-0.4, -0.2) is 19.7 Å². The zero-order chi connectivity index (χ0) is 12.1. The van der Waals surface area contributed by atoms with Crippen LogP contribution < -0.4 is 0 Å². The van der Waals surface area contributed by atoms with E-state index in [1.165, 1.54) is 18.5 Å². The van der Waals surface area contributed by atoms with Gasteiger partial charge in [0.1, 0.15) is 0 Å². The van der Waals surface area contributed by atoms with Crippen LogP contribution in [0.3, 0.4) is 0 Å². The van der Waals surface area contributed by atoms with Gasteiger partial charge in [0.2, 0.25) is 0 Å². The summed E-state index contributed by atoms with van der Waals surface area (Å²) in [5.41, 5.74) is 5.62. The monoisotopic (exact) mass is 238 g/mol. The van der Waals surface area contributed by atoms with Crippen LogP contribution in [0.5, 0.6) is 0 Å². The molecule has 3 aromatic rings. The van der Waals surface area contributed by atoms with Crippen molar-refractivity contribution in [3.8, 4) is 11.3 Å². The van der Waals surface area contributed by atoms with E-state index in [0.717, 1.165) is 22.3 Å². The number of nitrogens with zero attached hydrogens (tertiary/aromatic N) is 3. The number of aryl methyl sites for hydroxylation is 1. The van der Waals surface area contributed by atoms with Crippen molar-refractivity contribution in [3.63, 3.8) is 0 Å². The fraction of sp³-hybridized carbons (Fsp3) is 0.286. The van der Waals surface area contributed by atoms with E-state index < -0.39 is 0 Å². The van der Waals surface area contributed by atoms with Crippen molar-refractivity contribution >= 4 is 11.0 Å². The van der Waals surface area contributed by atoms with E-state index in [1.54, 1.807) is 0 Å². The SMILES string of the molecule is Cn1ccc2nc(-c3cn[nH]c3C3CC3)ccc21. The molecule has 0 unspecified atom stereocenters. The molecule has 0 amide bonds. The molecule has 0 saturated heterocycles. The predicted octanol–water partition coefficient (Wildman–Crippen LogP) is 2.84. The lowest BCUT2D eigenvalue weighted by atomic mass is 10.1. The molecule has 1 aliphatic rings. The summed E-state index contributed by atoms with van der Waals surface area (Å²) in [5, 5.41) is 7.30. The summed E-state index contributed by atoms with van der Waals surface area (Å²) in [6.07, 6.45) is 6.47. The van der Waals surface area contributed by atoms with E-state index in [2.05, 4.69) is 33.0 Å². The average molecular weight is 238 g/mol. The number of aromatic amines is 1. The highest BCUT2D eigenvalue weighted by atomic mass is 15.1. The molecule has 0 radical (unpaired) electrons. The average Bonchev–Trinajstić information content (AvgIpc) is 3.00. The Balaban J connectivity index is 1.88. The lowest BCUT2D eigenvalue weighted by molar-refractivity contribution is 0.964. The highest BCUT2D eigenvalue weighted by Crippen LogP contribution is 2.42. The van der Waals surface area contributed by atoms with Crippen molar-refractivity contribution in [3.05, 3.63) is 36.3 Å². The van der Waals surface area contributed by atoms with E-state index in [1.807, 2.05) is 19.4 Å². The van der Waals surface area contributed by atoms with Crippen molar-refractivity contribution in [2.75, 3.05) is 0 Å². The molecule has 0 spiro atoms. The number of aromatic nitrogens is 4. The van der Waals surface area contributed by atoms with E-state index in [-0.39, 0.29) is 0 Å². The maximum absolute atomic E-state index is 4.73. The number of hydrogen-bond donors (Lipinski definition) is 1. The number of nitrogens with one attached hydrogen (secondary N) is 1. The van der Waals surface area contributed by atoms with Crippen LogP contribution in [0.1, 0.15) is 24.5 Å². The summed E-state index contributed by atoms with van der Waals surface area (Å²) < 4.78 is 2.09. The first-order chi connectivity index (χ1) is 8.83. The molecule has 3 heterocycles. The molecule has 0 atom stereocenters. The highest BCUT2D eigenvalue weighted by Gasteiger charge is 2.28. The minimum absolute atomic E-state index is 0.663. The Morgan fingerprint density at radius 2 is 2.17 bits per heavy atom. The molecule has 1 saturated carbocycles. The van der Waals surface area contributed by atoms with Crippen molar-refractivity contribution in [1.82, 2.24) is 19.7 Å². The molecule has 4 nitrogen and oxygen atoms in total. The second kappa shape index (κ2) is 3.45. The fourth-order valence-electron chi connectivity index (χ4n) is 2.48. The number of pyridine rings is 1. The summed E-state index contributed by atoms with van der Waals surface area (Å²) in [7, 11) is 2.04. The molecule has 0 bridgehead atoms. The van der Waals surface area contributed by atoms with Gasteiger partial charge in [0.25, 0.3) is 0 Å². The highest BCUT2D eigenvalue weighted by molar-refractivity contribution is 5.79. The second-order valence-corrected chi connectivity index (χ2v) is 5.00. The summed E-state index contributed by atoms with van der Waals surface area (Å²) >= 11 is 0. The first kappa shape index (κ1) is 9.88. The Hall–Kier alpha value is -2.10. The largest absolute Gasteiger partial charge is 0.349 e. The predicted molar refractivity (Wildman–Crippen MR) is 70.3 cm³/mol. The molecule has 18 heavy (non-hydrogen) atoms. The zero-order valence-corrected chi connectivity index (χ0v) is 10.2. The summed E-state index contributed by atoms with van der Waals surface area (Å²) in [5.74, 6) is 0.663. The van der Waals surface area contributed by atoms with Gasteiger partial charge in [-0.2, -0.15) is 5.10 Å². The summed E-state index contributed by atoms with van der Waals surface area (Å²) in [6.45, 7) is 0. The molecule has 0 aliphatic heterocycles. The van der Waals surface area contributed by atoms with Gasteiger partial charge in [-0.3, -0.25) is 5.10 Å². The van der Waals surface area contributed by atoms with Gasteiger partial charge in [-0.25, -0.2) is 4.98 Å². The molecular formula is C14H14N4. The number of rotatable bonds is 2. The molecule has 1 N–H and O–H groups in total. The Kier molecular flexibility index (Phi) is 1.89. The normalized spacial score (nSPS) is 15.4. The van der Waals surface area contributed by atoms with Crippen molar-refractivity contribution < 1.29 is 0 Å². The number of H-pyrrole nitrogens is 1. The summed E-state index contributed by atoms with van der Waals surface area (Å²) in [6, 6.07) is 6.26. The molecule has 0 aromatic carbocycles. The Labute approximate surface area is 105 Å². The molecule has 1 fully saturated rings. The van der Waals surface area contributed by atoms with E-state index >= 15 is 0 Å². The second-order valence-electron chi connectivity index (χ2n) is 5.00. The van der Waals surface area contributed by atoms with Crippen LogP contribution in [0.15, 0.2) is 30.6 Å². The van der Waals surface area contributed by atoms with Crippen LogP contribution >= 0.6 is 0 Å². The van der Waals surface area contributed by atoms with Crippen LogP contribution in [0, 0.1) is 0 Å². The Bertz CT molecular complexity index is 718. The minimum atomic E-state index is 0.663. The Morgan fingerprint density at radius 1 is 1.28 bits per heavy atom. The lowest BCUT2D eigenvalue weighted by Gasteiger charge is -2.02. The van der Waals surface area contributed by atoms with E-state index in [0.29, 0.717) is 5.92 Å². The topological polar surface area (TPSA) is 46.5 Å². The third-order valence-electron chi connectivity index (χ3n) is 3.67. The van der Waals surface area contributed by atoms with Crippen molar-refractivity contribution in [1.29, 1.82) is 0 Å². The molecule has 90 valence electrons. The smallest absolute Gasteiger partial charge is 0.0888 e. The number of fused-ring (bicyclic) bond motifs is 1. The van der Waals surface area contributed by atoms with E-state index in [4.69, 9.17) is 4.98 Å². The van der Waals surface area contributed by atoms with Crippen molar-refractivity contribution in [2.24, 2.45) is 7.05 Å². The van der Waals surface area contributed by atoms with Gasteiger partial charge >= 0.3 is 0 Å². The lowest BCUT2D eigenvalue weighted by Crippen LogP contribution is -1.89. The van der Waals surface area contributed by atoms with Crippen LogP contribution in [0.2, 0.25) is 0 Å². The maximum atomic E-state index is 4.73. The molecule has 3 aromatic heterocycles. The van der Waals surface area contributed by atoms with Gasteiger partial charge < -0.3 is 4.57 Å². The van der Waals surface area contributed by atoms with Crippen LogP contribution in [-0.2, 0) is 7.05 Å². The van der Waals surface area contributed by atoms with E-state index in [9.17, 15) is 0 Å². The van der Waals surface area contributed by atoms with Gasteiger partial charge in [0, 0.05) is 30.4 Å². The molecule has 4 rings (SSSR count). The quantitative estimate of drug-likeness (QED) is 0.746. The third-order valence-corrected chi connectivity index (χ3v) is 3.67. The summed E-state index contributed by atoms with van der Waals surface area (Å²) in [4.78, 5) is 4.73. The molecule has 4 heteroatoms. The minimum Gasteiger partial charge on any atom is -0.349 e. The zero-order valence-electron chi connectivity index (χ0n) is 10.2. The molecule has 1 aliphatic carbocycles. The van der Waals surface area contributed by atoms with Gasteiger partial charge in [-0.05, 0) is 31.0 Å². The van der Waals surface area contributed by atoms with Gasteiger partial charge in [-0.15, -0.1) is 0 Å². The standard InChI is InChI=1S/C14H14N4/c1-18-7-6-12-13(18)5-4-11(16-12)10-8-15-17-14(10)9-2-3-9/h4-9H,2-3H2,1H3,(H,15,17). The van der Waals surface area contributed by atoms with Gasteiger partial charge in [-0.1, -0.05) is 0 Å². The Morgan fingerprint density at radius 3 is 3.00 bits per heavy atom. The van der Waals surface area contributed by atoms with Crippen LogP contribution in [0.25, 0.3) is 22.3 Å². The van der Waals surface area contributed by atoms with Crippen molar-refractivity contribution in [2.45, 2.75) is 18.8 Å². The first-order valence-electron chi connectivity index (χ1n) is 6.28. The third kappa shape index (κ3) is 1.38. The van der Waals surface area contributed by atoms with Crippen LogP contribution in [0.4, 0.5) is 0 Å². The van der Waals surface area contributed by atoms with Gasteiger partial charge in [0.15, 0.2) is 0 Å². The maximum Gasteiger partial charge on any atom is 0.0888 e. The van der Waals surface area contributed by atoms with Gasteiger partial charge in [0.05, 0.1) is 22.9 Å². The fourth-order valence-corrected chi connectivity index (χ4v) is 2.48. The molecular weight excluding hydrogens is 224 g/mol. The number of hydrogen-bond acceptors (Lipinski definition) is 2. The first-order valence-corrected chi connectivity index (χ1v) is 6.28.